The molecule has 0 amide bonds. The van der Waals surface area contributed by atoms with E-state index < -0.39 is 0 Å². The van der Waals surface area contributed by atoms with E-state index in [4.69, 9.17) is 0 Å². The lowest BCUT2D eigenvalue weighted by molar-refractivity contribution is 0.595. The molecule has 0 unspecified atom stereocenters. The molecular weight excluding hydrogens is 180 g/mol. The van der Waals surface area contributed by atoms with Gasteiger partial charge in [-0.3, -0.25) is 0 Å². The highest BCUT2D eigenvalue weighted by Gasteiger charge is 1.95. The van der Waals surface area contributed by atoms with Crippen molar-refractivity contribution in [3.8, 4) is 0 Å². The molecule has 0 aliphatic rings. The zero-order chi connectivity index (χ0) is 11.4. The molecular formula is C15H30. The first-order chi connectivity index (χ1) is 7.35. The van der Waals surface area contributed by atoms with Crippen molar-refractivity contribution >= 4 is 0 Å². The maximum absolute atomic E-state index is 2.42. The van der Waals surface area contributed by atoms with E-state index in [2.05, 4.69) is 32.9 Å². The molecule has 0 heterocycles. The van der Waals surface area contributed by atoms with Gasteiger partial charge in [0.25, 0.3) is 0 Å². The fourth-order valence-corrected chi connectivity index (χ4v) is 1.89. The lowest BCUT2D eigenvalue weighted by Crippen LogP contribution is -1.90. The van der Waals surface area contributed by atoms with Gasteiger partial charge in [0.2, 0.25) is 0 Å². The van der Waals surface area contributed by atoms with E-state index in [-0.39, 0.29) is 0 Å². The number of hydrogen-bond acceptors (Lipinski definition) is 0. The van der Waals surface area contributed by atoms with Crippen molar-refractivity contribution in [1.29, 1.82) is 0 Å². The van der Waals surface area contributed by atoms with Gasteiger partial charge < -0.3 is 0 Å². The lowest BCUT2D eigenvalue weighted by Gasteiger charge is -2.04. The second-order valence-electron chi connectivity index (χ2n) is 4.56. The minimum absolute atomic E-state index is 0.824. The van der Waals surface area contributed by atoms with Gasteiger partial charge in [-0.25, -0.2) is 0 Å². The molecule has 0 spiro atoms. The Morgan fingerprint density at radius 3 is 2.00 bits per heavy atom. The smallest absolute Gasteiger partial charge is 0.0239 e. The fraction of sp³-hybridized carbons (Fsp3) is 0.867. The third kappa shape index (κ3) is 10.0. The average Bonchev–Trinajstić information content (AvgIpc) is 2.27. The van der Waals surface area contributed by atoms with E-state index in [9.17, 15) is 0 Å². The van der Waals surface area contributed by atoms with Crippen LogP contribution in [0.1, 0.15) is 78.6 Å². The molecule has 0 aliphatic heterocycles. The van der Waals surface area contributed by atoms with Crippen molar-refractivity contribution in [3.05, 3.63) is 12.2 Å². The monoisotopic (exact) mass is 210 g/mol. The third-order valence-electron chi connectivity index (χ3n) is 3.18. The van der Waals surface area contributed by atoms with Crippen LogP contribution in [0.4, 0.5) is 0 Å². The minimum atomic E-state index is 0.824. The molecule has 0 radical (unpaired) electrons. The summed E-state index contributed by atoms with van der Waals surface area (Å²) in [5, 5.41) is 0. The topological polar surface area (TPSA) is 0 Å². The Morgan fingerprint density at radius 2 is 1.40 bits per heavy atom. The quantitative estimate of drug-likeness (QED) is 0.319. The predicted molar refractivity (Wildman–Crippen MR) is 71.2 cm³/mol. The average molecular weight is 210 g/mol. The van der Waals surface area contributed by atoms with Crippen molar-refractivity contribution < 1.29 is 0 Å². The third-order valence-corrected chi connectivity index (χ3v) is 3.18. The molecule has 0 nitrogen and oxygen atoms in total. The number of rotatable bonds is 10. The molecule has 0 aromatic rings. The van der Waals surface area contributed by atoms with Gasteiger partial charge in [-0.05, 0) is 31.6 Å². The summed E-state index contributed by atoms with van der Waals surface area (Å²) in [6.45, 7) is 6.84. The summed E-state index contributed by atoms with van der Waals surface area (Å²) in [6, 6.07) is 0. The maximum atomic E-state index is 2.42. The summed E-state index contributed by atoms with van der Waals surface area (Å²) in [5.41, 5.74) is 0. The van der Waals surface area contributed by atoms with Crippen LogP contribution in [0.5, 0.6) is 0 Å². The van der Waals surface area contributed by atoms with Crippen LogP contribution >= 0.6 is 0 Å². The first-order valence-electron chi connectivity index (χ1n) is 7.01. The van der Waals surface area contributed by atoms with E-state index in [1.54, 1.807) is 0 Å². The van der Waals surface area contributed by atoms with E-state index in [1.165, 1.54) is 57.8 Å². The van der Waals surface area contributed by atoms with Crippen molar-refractivity contribution in [3.63, 3.8) is 0 Å². The van der Waals surface area contributed by atoms with Crippen LogP contribution in [0.25, 0.3) is 0 Å². The van der Waals surface area contributed by atoms with Crippen molar-refractivity contribution in [2.75, 3.05) is 0 Å². The SMILES string of the molecule is CCCCCCCC/C=C/C(CC)CC. The van der Waals surface area contributed by atoms with Crippen LogP contribution in [0, 0.1) is 5.92 Å². The van der Waals surface area contributed by atoms with Crippen LogP contribution in [0.3, 0.4) is 0 Å². The van der Waals surface area contributed by atoms with E-state index in [0.717, 1.165) is 5.92 Å². The summed E-state index contributed by atoms with van der Waals surface area (Å²) < 4.78 is 0. The molecule has 0 saturated carbocycles. The van der Waals surface area contributed by atoms with Crippen LogP contribution in [-0.4, -0.2) is 0 Å². The Morgan fingerprint density at radius 1 is 0.800 bits per heavy atom. The highest BCUT2D eigenvalue weighted by atomic mass is 14.0. The van der Waals surface area contributed by atoms with Gasteiger partial charge in [-0.1, -0.05) is 65.0 Å². The van der Waals surface area contributed by atoms with Gasteiger partial charge in [-0.2, -0.15) is 0 Å². The highest BCUT2D eigenvalue weighted by Crippen LogP contribution is 2.11. The zero-order valence-corrected chi connectivity index (χ0v) is 11.1. The maximum Gasteiger partial charge on any atom is -0.0239 e. The molecule has 0 rings (SSSR count). The summed E-state index contributed by atoms with van der Waals surface area (Å²) >= 11 is 0. The normalized spacial score (nSPS) is 11.7. The fourth-order valence-electron chi connectivity index (χ4n) is 1.89. The number of allylic oxidation sites excluding steroid dienone is 2. The molecule has 0 aromatic heterocycles. The second kappa shape index (κ2) is 11.8. The molecule has 0 atom stereocenters. The van der Waals surface area contributed by atoms with Crippen molar-refractivity contribution in [1.82, 2.24) is 0 Å². The Labute approximate surface area is 97.2 Å². The first-order valence-corrected chi connectivity index (χ1v) is 7.01. The largest absolute Gasteiger partial charge is 0.0883 e. The van der Waals surface area contributed by atoms with Gasteiger partial charge >= 0.3 is 0 Å². The molecule has 90 valence electrons. The molecule has 0 fully saturated rings. The molecule has 15 heavy (non-hydrogen) atoms. The Bertz CT molecular complexity index is 131. The van der Waals surface area contributed by atoms with E-state index >= 15 is 0 Å². The molecule has 0 aliphatic carbocycles. The van der Waals surface area contributed by atoms with Crippen LogP contribution in [0.15, 0.2) is 12.2 Å². The zero-order valence-electron chi connectivity index (χ0n) is 11.1. The second-order valence-corrected chi connectivity index (χ2v) is 4.56. The Kier molecular flexibility index (Phi) is 11.6. The minimum Gasteiger partial charge on any atom is -0.0883 e. The van der Waals surface area contributed by atoms with Crippen LogP contribution in [0.2, 0.25) is 0 Å². The van der Waals surface area contributed by atoms with E-state index in [0.29, 0.717) is 0 Å². The molecule has 0 aromatic carbocycles. The summed E-state index contributed by atoms with van der Waals surface area (Å²) in [4.78, 5) is 0. The summed E-state index contributed by atoms with van der Waals surface area (Å²) in [5.74, 6) is 0.824. The van der Waals surface area contributed by atoms with Crippen LogP contribution in [-0.2, 0) is 0 Å². The summed E-state index contributed by atoms with van der Waals surface area (Å²) in [6.07, 6.45) is 17.2. The van der Waals surface area contributed by atoms with Crippen molar-refractivity contribution in [2.24, 2.45) is 5.92 Å². The van der Waals surface area contributed by atoms with Gasteiger partial charge in [0, 0.05) is 0 Å². The Balaban J connectivity index is 3.22. The van der Waals surface area contributed by atoms with Gasteiger partial charge in [0.15, 0.2) is 0 Å². The first kappa shape index (κ1) is 14.7. The molecule has 0 bridgehead atoms. The van der Waals surface area contributed by atoms with E-state index in [1.807, 2.05) is 0 Å². The molecule has 0 N–H and O–H groups in total. The predicted octanol–water partition coefficient (Wildman–Crippen LogP) is 5.73. The molecule has 0 heteroatoms. The molecule has 0 saturated heterocycles. The highest BCUT2D eigenvalue weighted by molar-refractivity contribution is 4.87. The van der Waals surface area contributed by atoms with Crippen molar-refractivity contribution in [2.45, 2.75) is 78.6 Å². The number of unbranched alkanes of at least 4 members (excludes halogenated alkanes) is 6. The lowest BCUT2D eigenvalue weighted by atomic mass is 10.0. The van der Waals surface area contributed by atoms with Gasteiger partial charge in [-0.15, -0.1) is 0 Å². The standard InChI is InChI=1S/C15H30/c1-4-7-8-9-10-11-12-13-14-15(5-2)6-3/h13-15H,4-12H2,1-3H3/b14-13+. The number of hydrogen-bond donors (Lipinski definition) is 0. The van der Waals surface area contributed by atoms with Gasteiger partial charge in [0.05, 0.1) is 0 Å². The van der Waals surface area contributed by atoms with Gasteiger partial charge in [0.1, 0.15) is 0 Å². The summed E-state index contributed by atoms with van der Waals surface area (Å²) in [7, 11) is 0. The van der Waals surface area contributed by atoms with Crippen LogP contribution < -0.4 is 0 Å². The Hall–Kier alpha value is -0.260.